The highest BCUT2D eigenvalue weighted by Crippen LogP contribution is 2.08. The molecule has 0 aliphatic rings. The lowest BCUT2D eigenvalue weighted by Crippen LogP contribution is -2.25. The van der Waals surface area contributed by atoms with Crippen LogP contribution in [0.15, 0.2) is 24.3 Å². The summed E-state index contributed by atoms with van der Waals surface area (Å²) in [5.74, 6) is 5.98. The first-order chi connectivity index (χ1) is 9.65. The summed E-state index contributed by atoms with van der Waals surface area (Å²) in [6.45, 7) is 4.89. The highest BCUT2D eigenvalue weighted by Gasteiger charge is 2.08. The molecular weight excluding hydrogens is 250 g/mol. The number of aliphatic hydroxyl groups is 1. The Morgan fingerprint density at radius 1 is 1.30 bits per heavy atom. The van der Waals surface area contributed by atoms with Gasteiger partial charge in [0.25, 0.3) is 5.91 Å². The third kappa shape index (κ3) is 5.90. The van der Waals surface area contributed by atoms with E-state index in [-0.39, 0.29) is 12.5 Å². The minimum atomic E-state index is -0.203. The molecule has 108 valence electrons. The summed E-state index contributed by atoms with van der Waals surface area (Å²) < 4.78 is 0. The molecule has 0 aliphatic carbocycles. The zero-order chi connectivity index (χ0) is 14.8. The highest BCUT2D eigenvalue weighted by atomic mass is 16.2. The quantitative estimate of drug-likeness (QED) is 0.618. The molecule has 0 aromatic heterocycles. The predicted molar refractivity (Wildman–Crippen MR) is 81.4 cm³/mol. The summed E-state index contributed by atoms with van der Waals surface area (Å²) in [5.41, 5.74) is 1.22. The van der Waals surface area contributed by atoms with Crippen molar-refractivity contribution in [3.8, 4) is 11.8 Å². The monoisotopic (exact) mass is 273 g/mol. The van der Waals surface area contributed by atoms with Crippen molar-refractivity contribution in [1.82, 2.24) is 5.32 Å². The number of amides is 1. The fourth-order valence-electron chi connectivity index (χ4n) is 1.90. The first-order valence-electron chi connectivity index (χ1n) is 7.12. The minimum Gasteiger partial charge on any atom is -0.384 e. The van der Waals surface area contributed by atoms with Gasteiger partial charge in [-0.1, -0.05) is 50.7 Å². The number of hydrogen-bond acceptors (Lipinski definition) is 2. The van der Waals surface area contributed by atoms with Crippen molar-refractivity contribution in [2.24, 2.45) is 5.92 Å². The zero-order valence-electron chi connectivity index (χ0n) is 12.3. The Morgan fingerprint density at radius 2 is 2.05 bits per heavy atom. The van der Waals surface area contributed by atoms with Crippen molar-refractivity contribution in [2.75, 3.05) is 13.2 Å². The van der Waals surface area contributed by atoms with E-state index in [0.717, 1.165) is 12.8 Å². The molecule has 0 spiro atoms. The predicted octanol–water partition coefficient (Wildman–Crippen LogP) is 2.59. The fraction of sp³-hybridized carbons (Fsp3) is 0.471. The number of unbranched alkanes of at least 4 members (excludes halogenated alkanes) is 1. The van der Waals surface area contributed by atoms with Gasteiger partial charge in [0.05, 0.1) is 5.56 Å². The molecule has 0 fully saturated rings. The molecule has 1 amide bonds. The van der Waals surface area contributed by atoms with Crippen LogP contribution in [0.5, 0.6) is 0 Å². The Bertz CT molecular complexity index is 483. The van der Waals surface area contributed by atoms with Gasteiger partial charge >= 0.3 is 0 Å². The topological polar surface area (TPSA) is 49.3 Å². The van der Waals surface area contributed by atoms with Crippen LogP contribution in [-0.4, -0.2) is 24.2 Å². The van der Waals surface area contributed by atoms with E-state index in [0.29, 0.717) is 23.6 Å². The molecule has 1 aromatic rings. The van der Waals surface area contributed by atoms with Gasteiger partial charge in [-0.25, -0.2) is 0 Å². The maximum atomic E-state index is 12.1. The molecule has 1 aromatic carbocycles. The summed E-state index contributed by atoms with van der Waals surface area (Å²) in [6.07, 6.45) is 3.31. The number of carbonyl (C=O) groups excluding carboxylic acids is 1. The van der Waals surface area contributed by atoms with E-state index in [1.807, 2.05) is 12.1 Å². The van der Waals surface area contributed by atoms with E-state index in [2.05, 4.69) is 31.0 Å². The summed E-state index contributed by atoms with van der Waals surface area (Å²) in [7, 11) is 0. The number of benzene rings is 1. The zero-order valence-corrected chi connectivity index (χ0v) is 12.3. The van der Waals surface area contributed by atoms with Gasteiger partial charge in [-0.05, 0) is 24.5 Å². The Kier molecular flexibility index (Phi) is 7.46. The molecule has 0 saturated carbocycles. The van der Waals surface area contributed by atoms with Crippen LogP contribution in [0.4, 0.5) is 0 Å². The Labute approximate surface area is 121 Å². The molecule has 1 rings (SSSR count). The molecule has 20 heavy (non-hydrogen) atoms. The van der Waals surface area contributed by atoms with E-state index in [9.17, 15) is 4.79 Å². The third-order valence-electron chi connectivity index (χ3n) is 2.97. The lowest BCUT2D eigenvalue weighted by atomic mass is 10.1. The van der Waals surface area contributed by atoms with Crippen LogP contribution in [0.25, 0.3) is 0 Å². The van der Waals surface area contributed by atoms with E-state index in [1.165, 1.54) is 6.42 Å². The standard InChI is InChI=1S/C17H23NO2/c1-14(2)8-5-6-12-18-17(20)16-11-4-3-9-15(16)10-7-13-19/h3-4,9,11,14,19H,5-6,8,12-13H2,1-2H3,(H,18,20). The summed E-state index contributed by atoms with van der Waals surface area (Å²) in [6, 6.07) is 7.19. The van der Waals surface area contributed by atoms with Crippen LogP contribution >= 0.6 is 0 Å². The molecule has 0 radical (unpaired) electrons. The van der Waals surface area contributed by atoms with Crippen molar-refractivity contribution in [3.63, 3.8) is 0 Å². The number of nitrogens with one attached hydrogen (secondary N) is 1. The molecule has 0 atom stereocenters. The molecule has 2 N–H and O–H groups in total. The second-order valence-corrected chi connectivity index (χ2v) is 5.15. The molecule has 3 nitrogen and oxygen atoms in total. The van der Waals surface area contributed by atoms with Crippen LogP contribution in [0.3, 0.4) is 0 Å². The Balaban J connectivity index is 2.51. The lowest BCUT2D eigenvalue weighted by molar-refractivity contribution is 0.0952. The Morgan fingerprint density at radius 3 is 2.75 bits per heavy atom. The second-order valence-electron chi connectivity index (χ2n) is 5.15. The molecule has 0 saturated heterocycles. The molecule has 0 aliphatic heterocycles. The van der Waals surface area contributed by atoms with Crippen LogP contribution < -0.4 is 5.32 Å². The fourth-order valence-corrected chi connectivity index (χ4v) is 1.90. The highest BCUT2D eigenvalue weighted by molar-refractivity contribution is 5.96. The summed E-state index contributed by atoms with van der Waals surface area (Å²) >= 11 is 0. The van der Waals surface area contributed by atoms with Gasteiger partial charge in [0.2, 0.25) is 0 Å². The van der Waals surface area contributed by atoms with Gasteiger partial charge in [-0.15, -0.1) is 0 Å². The van der Waals surface area contributed by atoms with Gasteiger partial charge in [-0.2, -0.15) is 0 Å². The second kappa shape index (κ2) is 9.17. The van der Waals surface area contributed by atoms with Crippen molar-refractivity contribution in [2.45, 2.75) is 33.1 Å². The van der Waals surface area contributed by atoms with E-state index in [4.69, 9.17) is 5.11 Å². The maximum Gasteiger partial charge on any atom is 0.252 e. The third-order valence-corrected chi connectivity index (χ3v) is 2.97. The molecule has 0 unspecified atom stereocenters. The maximum absolute atomic E-state index is 12.1. The normalized spacial score (nSPS) is 10.0. The Hall–Kier alpha value is -1.79. The summed E-state index contributed by atoms with van der Waals surface area (Å²) in [5, 5.41) is 11.6. The largest absolute Gasteiger partial charge is 0.384 e. The number of aliphatic hydroxyl groups excluding tert-OH is 1. The lowest BCUT2D eigenvalue weighted by Gasteiger charge is -2.08. The average Bonchev–Trinajstić information content (AvgIpc) is 2.44. The van der Waals surface area contributed by atoms with E-state index < -0.39 is 0 Å². The number of rotatable bonds is 6. The smallest absolute Gasteiger partial charge is 0.252 e. The van der Waals surface area contributed by atoms with Crippen molar-refractivity contribution >= 4 is 5.91 Å². The van der Waals surface area contributed by atoms with Crippen molar-refractivity contribution in [1.29, 1.82) is 0 Å². The van der Waals surface area contributed by atoms with Crippen LogP contribution in [0.1, 0.15) is 49.0 Å². The summed E-state index contributed by atoms with van der Waals surface area (Å²) in [4.78, 5) is 12.1. The van der Waals surface area contributed by atoms with Crippen LogP contribution in [0, 0.1) is 17.8 Å². The van der Waals surface area contributed by atoms with Gasteiger partial charge < -0.3 is 10.4 Å². The van der Waals surface area contributed by atoms with Gasteiger partial charge in [0.1, 0.15) is 6.61 Å². The van der Waals surface area contributed by atoms with Gasteiger partial charge in [0.15, 0.2) is 0 Å². The number of carbonyl (C=O) groups is 1. The molecule has 0 bridgehead atoms. The number of hydrogen-bond donors (Lipinski definition) is 2. The van der Waals surface area contributed by atoms with Gasteiger partial charge in [0, 0.05) is 12.1 Å². The molecular formula is C17H23NO2. The van der Waals surface area contributed by atoms with Crippen LogP contribution in [-0.2, 0) is 0 Å². The first-order valence-corrected chi connectivity index (χ1v) is 7.12. The first kappa shape index (κ1) is 16.3. The van der Waals surface area contributed by atoms with E-state index >= 15 is 0 Å². The molecule has 3 heteroatoms. The van der Waals surface area contributed by atoms with Crippen LogP contribution in [0.2, 0.25) is 0 Å². The van der Waals surface area contributed by atoms with E-state index in [1.54, 1.807) is 12.1 Å². The van der Waals surface area contributed by atoms with Gasteiger partial charge in [-0.3, -0.25) is 4.79 Å². The SMILES string of the molecule is CC(C)CCCCNC(=O)c1ccccc1C#CCO. The van der Waals surface area contributed by atoms with Crippen molar-refractivity contribution in [3.05, 3.63) is 35.4 Å². The molecule has 0 heterocycles. The minimum absolute atomic E-state index is 0.0996. The average molecular weight is 273 g/mol. The van der Waals surface area contributed by atoms with Crippen molar-refractivity contribution < 1.29 is 9.90 Å².